The van der Waals surface area contributed by atoms with Crippen LogP contribution in [0, 0.1) is 26.9 Å². The lowest BCUT2D eigenvalue weighted by molar-refractivity contribution is -0.385. The average molecular weight is 1390 g/mol. The first-order valence-corrected chi connectivity index (χ1v) is 33.4. The van der Waals surface area contributed by atoms with E-state index in [1.165, 1.54) is 103 Å². The van der Waals surface area contributed by atoms with Gasteiger partial charge < -0.3 is 73.0 Å². The van der Waals surface area contributed by atoms with Crippen molar-refractivity contribution in [3.63, 3.8) is 0 Å². The molecule has 0 aromatic heterocycles. The van der Waals surface area contributed by atoms with Crippen molar-refractivity contribution < 1.29 is 96.2 Å². The number of likely N-dealkylation sites (N-methyl/N-ethyl adjacent to an activating group) is 3. The molecular weight excluding hydrogens is 1310 g/mol. The van der Waals surface area contributed by atoms with Crippen LogP contribution in [0.1, 0.15) is 123 Å². The molecule has 12 atom stereocenters. The van der Waals surface area contributed by atoms with E-state index < -0.39 is 142 Å². The number of hydrogen-bond donors (Lipinski definition) is 3. The van der Waals surface area contributed by atoms with E-state index in [4.69, 9.17) is 37.9 Å². The Kier molecular flexibility index (Phi) is 21.9. The number of nitrogens with one attached hydrogen (secondary N) is 1. The standard InChI is InChI=1S/C74H84N6O21/c1-11-78-35-37-79(38-36-78)66(86)49-27-30-52(31-28-49)97-54-39-51(29-32-53(54)80(92)93)44(3)95-69(89)76(9)33-34-77(10)70(90)99-61(59(47-21-15-12-16-22-47)75-65(85)48-23-17-13-18-24-48)68(88)98-55-41-74(91)64(100-67(87)50-25-19-14-20-26-50)62-72(8,56(83)40-57-73(62,42-94-57)101-46(5)82)63(84)60(96-45(4)81)58(43(55)2)71(74,6)7/h12-32,39,44,55-57,59-62,64,83,91H,11,33-38,40-42H2,1-10H3,(H,75,85)/t44?,55-,56-,57+,59-,60+,61+,62-,64-,72+,73-,74+/m0/s1. The number of benzene rings is 5. The van der Waals surface area contributed by atoms with Crippen molar-refractivity contribution >= 4 is 59.3 Å². The minimum atomic E-state index is -2.56. The minimum absolute atomic E-state index is 0.000377. The smallest absolute Gasteiger partial charge is 0.410 e. The first-order valence-electron chi connectivity index (χ1n) is 33.4. The van der Waals surface area contributed by atoms with Gasteiger partial charge in [0.1, 0.15) is 41.8 Å². The zero-order chi connectivity index (χ0) is 73.0. The Morgan fingerprint density at radius 3 is 1.91 bits per heavy atom. The quantitative estimate of drug-likeness (QED) is 0.0205. The van der Waals surface area contributed by atoms with Crippen molar-refractivity contribution in [2.75, 3.05) is 66.5 Å². The van der Waals surface area contributed by atoms with Crippen LogP contribution in [0.25, 0.3) is 0 Å². The van der Waals surface area contributed by atoms with Gasteiger partial charge in [-0.3, -0.25) is 34.1 Å². The van der Waals surface area contributed by atoms with Crippen molar-refractivity contribution in [1.29, 1.82) is 0 Å². The highest BCUT2D eigenvalue weighted by Gasteiger charge is 2.78. The molecule has 2 aliphatic heterocycles. The first kappa shape index (κ1) is 73.6. The highest BCUT2D eigenvalue weighted by molar-refractivity contribution is 5.97. The molecule has 4 fully saturated rings. The van der Waals surface area contributed by atoms with Gasteiger partial charge in [0.15, 0.2) is 17.5 Å². The molecule has 0 radical (unpaired) electrons. The largest absolute Gasteiger partial charge is 0.455 e. The maximum absolute atomic E-state index is 16.0. The number of esters is 4. The number of hydrogen-bond acceptors (Lipinski definition) is 22. The molecule has 27 nitrogen and oxygen atoms in total. The summed E-state index contributed by atoms with van der Waals surface area (Å²) >= 11 is 0. The summed E-state index contributed by atoms with van der Waals surface area (Å²) in [6.45, 7) is 14.3. The van der Waals surface area contributed by atoms with Crippen LogP contribution in [0.15, 0.2) is 145 Å². The summed E-state index contributed by atoms with van der Waals surface area (Å²) in [6, 6.07) is 32.3. The highest BCUT2D eigenvalue weighted by atomic mass is 16.6. The fraction of sp³-hybridized carbons (Fsp3) is 0.446. The Hall–Kier alpha value is -10.1. The Morgan fingerprint density at radius 1 is 0.752 bits per heavy atom. The van der Waals surface area contributed by atoms with Crippen molar-refractivity contribution in [2.24, 2.45) is 16.7 Å². The third-order valence-electron chi connectivity index (χ3n) is 20.4. The zero-order valence-electron chi connectivity index (χ0n) is 57.9. The molecule has 2 saturated heterocycles. The van der Waals surface area contributed by atoms with Crippen molar-refractivity contribution in [1.82, 2.24) is 24.9 Å². The Morgan fingerprint density at radius 2 is 1.35 bits per heavy atom. The lowest BCUT2D eigenvalue weighted by Gasteiger charge is -2.67. The van der Waals surface area contributed by atoms with Gasteiger partial charge in [0.25, 0.3) is 11.8 Å². The van der Waals surface area contributed by atoms with Crippen LogP contribution in [-0.2, 0) is 52.3 Å². The maximum Gasteiger partial charge on any atom is 0.410 e. The van der Waals surface area contributed by atoms with Crippen LogP contribution in [0.5, 0.6) is 11.5 Å². The lowest BCUT2D eigenvalue weighted by atomic mass is 9.44. The summed E-state index contributed by atoms with van der Waals surface area (Å²) < 4.78 is 49.1. The Bertz CT molecular complexity index is 4000. The number of aliphatic hydroxyl groups is 2. The molecule has 0 spiro atoms. The average Bonchev–Trinajstić information content (AvgIpc) is 0.669. The number of ketones is 1. The zero-order valence-corrected chi connectivity index (χ0v) is 57.9. The van der Waals surface area contributed by atoms with E-state index >= 15 is 9.59 Å². The van der Waals surface area contributed by atoms with Crippen LogP contribution >= 0.6 is 0 Å². The van der Waals surface area contributed by atoms with Gasteiger partial charge in [-0.1, -0.05) is 87.5 Å². The molecule has 2 heterocycles. The normalized spacial score (nSPS) is 25.2. The number of aliphatic hydroxyl groups excluding tert-OH is 1. The number of nitro benzene ring substituents is 1. The van der Waals surface area contributed by atoms with Crippen LogP contribution in [0.4, 0.5) is 15.3 Å². The molecule has 3 N–H and O–H groups in total. The predicted octanol–water partition coefficient (Wildman–Crippen LogP) is 8.12. The van der Waals surface area contributed by atoms with Crippen LogP contribution < -0.4 is 10.1 Å². The van der Waals surface area contributed by atoms with Gasteiger partial charge in [-0.05, 0) is 110 Å². The number of ether oxygens (including phenoxy) is 8. The van der Waals surface area contributed by atoms with Gasteiger partial charge in [-0.15, -0.1) is 0 Å². The van der Waals surface area contributed by atoms with E-state index in [0.29, 0.717) is 24.2 Å². The number of rotatable bonds is 21. The number of carbonyl (C=O) groups excluding carboxylic acids is 9. The molecule has 5 aliphatic rings. The molecule has 4 amide bonds. The number of carbonyl (C=O) groups is 9. The van der Waals surface area contributed by atoms with Gasteiger partial charge >= 0.3 is 41.8 Å². The molecular formula is C74H84N6O21. The fourth-order valence-corrected chi connectivity index (χ4v) is 14.5. The van der Waals surface area contributed by atoms with E-state index in [2.05, 4.69) is 17.1 Å². The summed E-state index contributed by atoms with van der Waals surface area (Å²) in [4.78, 5) is 147. The summed E-state index contributed by atoms with van der Waals surface area (Å²) in [7, 11) is 2.70. The van der Waals surface area contributed by atoms with Gasteiger partial charge in [-0.2, -0.15) is 0 Å². The molecule has 2 saturated carbocycles. The molecule has 101 heavy (non-hydrogen) atoms. The fourth-order valence-electron chi connectivity index (χ4n) is 14.5. The SMILES string of the molecule is CCN1CCN(C(=O)c2ccc(Oc3cc(C(C)OC(=O)N(C)CCN(C)C(=O)O[C@@H](C(=O)O[C@H]4C[C@@]5(O)[C@@H](OC(=O)c6ccccc6)[C@@H]6[C@]7(OC(C)=O)CO[C@@H]7C[C@H](O)[C@@]6(C)C(=O)[C@H](OC(C)=O)C(=C4C)C5(C)C)[C@@H](NC(=O)c4ccccc4)c4ccccc4)ccc3[N+](=O)[O-])cc2)CC1. The first-order chi connectivity index (χ1) is 47.9. The number of nitro groups is 1. The second kappa shape index (κ2) is 30.0. The number of Topliss-reactive ketones (excluding diaryl/α,β-unsaturated/α-hetero) is 1. The van der Waals surface area contributed by atoms with Crippen molar-refractivity contribution in [3.8, 4) is 11.5 Å². The summed E-state index contributed by atoms with van der Waals surface area (Å²) in [5.74, 6) is -7.60. The van der Waals surface area contributed by atoms with Gasteiger partial charge in [-0.25, -0.2) is 19.2 Å². The highest BCUT2D eigenvalue weighted by Crippen LogP contribution is 2.64. The lowest BCUT2D eigenvalue weighted by Crippen LogP contribution is -2.82. The molecule has 2 bridgehead atoms. The minimum Gasteiger partial charge on any atom is -0.455 e. The van der Waals surface area contributed by atoms with E-state index in [0.717, 1.165) is 43.3 Å². The maximum atomic E-state index is 16.0. The Labute approximate surface area is 583 Å². The van der Waals surface area contributed by atoms with Crippen LogP contribution in [0.3, 0.4) is 0 Å². The van der Waals surface area contributed by atoms with E-state index in [1.807, 2.05) is 0 Å². The monoisotopic (exact) mass is 1390 g/mol. The molecule has 5 aromatic rings. The number of fused-ring (bicyclic) bond motifs is 5. The molecule has 536 valence electrons. The third-order valence-corrected chi connectivity index (χ3v) is 20.4. The predicted molar refractivity (Wildman–Crippen MR) is 360 cm³/mol. The molecule has 3 aliphatic carbocycles. The summed E-state index contributed by atoms with van der Waals surface area (Å²) in [6.07, 6.45) is -14.6. The van der Waals surface area contributed by atoms with E-state index in [9.17, 15) is 53.9 Å². The number of piperazine rings is 1. The molecule has 5 aromatic carbocycles. The van der Waals surface area contributed by atoms with E-state index in [1.54, 1.807) is 83.8 Å². The van der Waals surface area contributed by atoms with Gasteiger partial charge in [0.05, 0.1) is 34.5 Å². The molecule has 10 rings (SSSR count). The second-order valence-corrected chi connectivity index (χ2v) is 26.9. The van der Waals surface area contributed by atoms with Gasteiger partial charge in [0.2, 0.25) is 11.9 Å². The van der Waals surface area contributed by atoms with Crippen LogP contribution in [-0.4, -0.2) is 203 Å². The van der Waals surface area contributed by atoms with Gasteiger partial charge in [0, 0.05) is 103 Å². The second-order valence-electron chi connectivity index (χ2n) is 26.9. The number of nitrogens with zero attached hydrogens (tertiary/aromatic N) is 5. The topological polar surface area (TPSA) is 336 Å². The van der Waals surface area contributed by atoms with Crippen molar-refractivity contribution in [2.45, 2.75) is 128 Å². The van der Waals surface area contributed by atoms with Crippen molar-refractivity contribution in [3.05, 3.63) is 183 Å². The van der Waals surface area contributed by atoms with E-state index in [-0.39, 0.29) is 70.4 Å². The van der Waals surface area contributed by atoms with Crippen LogP contribution in [0.2, 0.25) is 0 Å². The number of amides is 4. The molecule has 1 unspecified atom stereocenters. The Balaban J connectivity index is 0.933. The summed E-state index contributed by atoms with van der Waals surface area (Å²) in [5.41, 5.74) is -7.77. The third kappa shape index (κ3) is 14.8. The summed E-state index contributed by atoms with van der Waals surface area (Å²) in [5, 5.41) is 41.6. The molecule has 27 heteroatoms.